The number of rotatable bonds is 4. The predicted octanol–water partition coefficient (Wildman–Crippen LogP) is 2.11. The number of hydrogen-bond acceptors (Lipinski definition) is 3. The van der Waals surface area contributed by atoms with E-state index in [2.05, 4.69) is 25.4 Å². The highest BCUT2D eigenvalue weighted by Gasteiger charge is 2.11. The minimum atomic E-state index is -1.35. The normalized spacial score (nSPS) is 10.1. The fraction of sp³-hybridized carbons (Fsp3) is 0.600. The first-order chi connectivity index (χ1) is 6.40. The van der Waals surface area contributed by atoms with Crippen LogP contribution in [0.4, 0.5) is 0 Å². The fourth-order valence-corrected chi connectivity index (χ4v) is 1.24. The van der Waals surface area contributed by atoms with Crippen molar-refractivity contribution in [2.75, 3.05) is 13.7 Å². The van der Waals surface area contributed by atoms with Crippen molar-refractivity contribution in [1.29, 1.82) is 0 Å². The summed E-state index contributed by atoms with van der Waals surface area (Å²) < 4.78 is 9.67. The van der Waals surface area contributed by atoms with Crippen LogP contribution in [0, 0.1) is 0 Å². The van der Waals surface area contributed by atoms with Crippen molar-refractivity contribution in [1.82, 2.24) is 0 Å². The molecule has 0 spiro atoms. The lowest BCUT2D eigenvalue weighted by Crippen LogP contribution is -2.15. The Balaban J connectivity index is 4.71. The highest BCUT2D eigenvalue weighted by atomic mass is 28.3. The quantitative estimate of drug-likeness (QED) is 0.236. The third-order valence-corrected chi connectivity index (χ3v) is 2.31. The third kappa shape index (κ3) is 5.62. The maximum absolute atomic E-state index is 11.2. The van der Waals surface area contributed by atoms with Gasteiger partial charge in [0.25, 0.3) is 0 Å². The lowest BCUT2D eigenvalue weighted by atomic mass is 10.5. The van der Waals surface area contributed by atoms with Crippen LogP contribution in [-0.2, 0) is 14.3 Å². The van der Waals surface area contributed by atoms with Gasteiger partial charge in [-0.25, -0.2) is 4.79 Å². The van der Waals surface area contributed by atoms with Crippen LogP contribution in [0.2, 0.25) is 19.6 Å². The highest BCUT2D eigenvalue weighted by molar-refractivity contribution is 6.80. The molecule has 0 heterocycles. The lowest BCUT2D eigenvalue weighted by molar-refractivity contribution is -0.142. The fourth-order valence-electron chi connectivity index (χ4n) is 0.680. The van der Waals surface area contributed by atoms with Crippen LogP contribution < -0.4 is 0 Å². The Kier molecular flexibility index (Phi) is 5.27. The van der Waals surface area contributed by atoms with Gasteiger partial charge in [0.15, 0.2) is 0 Å². The van der Waals surface area contributed by atoms with Gasteiger partial charge < -0.3 is 9.47 Å². The number of carbonyl (C=O) groups is 1. The topological polar surface area (TPSA) is 35.5 Å². The highest BCUT2D eigenvalue weighted by Crippen LogP contribution is 2.03. The van der Waals surface area contributed by atoms with E-state index in [-0.39, 0.29) is 5.76 Å². The Morgan fingerprint density at radius 2 is 2.00 bits per heavy atom. The van der Waals surface area contributed by atoms with E-state index in [1.165, 1.54) is 7.11 Å². The molecule has 0 atom stereocenters. The van der Waals surface area contributed by atoms with Gasteiger partial charge in [0, 0.05) is 0 Å². The molecule has 0 radical (unpaired) electrons. The summed E-state index contributed by atoms with van der Waals surface area (Å²) in [6.07, 6.45) is 0. The van der Waals surface area contributed by atoms with E-state index in [0.29, 0.717) is 6.61 Å². The Morgan fingerprint density at radius 1 is 1.43 bits per heavy atom. The molecule has 0 aliphatic rings. The molecule has 0 unspecified atom stereocenters. The van der Waals surface area contributed by atoms with Crippen LogP contribution in [0.3, 0.4) is 0 Å². The summed E-state index contributed by atoms with van der Waals surface area (Å²) >= 11 is 0. The zero-order chi connectivity index (χ0) is 11.2. The van der Waals surface area contributed by atoms with E-state index >= 15 is 0 Å². The summed E-state index contributed by atoms with van der Waals surface area (Å²) in [5, 5.41) is 0. The van der Waals surface area contributed by atoms with Crippen molar-refractivity contribution in [2.45, 2.75) is 26.6 Å². The molecule has 0 bridgehead atoms. The van der Waals surface area contributed by atoms with Crippen molar-refractivity contribution in [3.8, 4) is 0 Å². The van der Waals surface area contributed by atoms with Gasteiger partial charge in [0.1, 0.15) is 0 Å². The molecule has 0 aromatic heterocycles. The zero-order valence-corrected chi connectivity index (χ0v) is 10.5. The number of methoxy groups -OCH3 is 1. The molecule has 0 aliphatic heterocycles. The lowest BCUT2D eigenvalue weighted by Gasteiger charge is -2.06. The molecule has 0 aliphatic carbocycles. The first-order valence-electron chi connectivity index (χ1n) is 4.59. The molecule has 0 rings (SSSR count). The van der Waals surface area contributed by atoms with Crippen LogP contribution in [0.1, 0.15) is 6.92 Å². The number of hydrogen-bond donors (Lipinski definition) is 0. The molecule has 4 heteroatoms. The Morgan fingerprint density at radius 3 is 2.36 bits per heavy atom. The average molecular weight is 214 g/mol. The molecule has 0 aromatic carbocycles. The van der Waals surface area contributed by atoms with Gasteiger partial charge in [0.2, 0.25) is 5.76 Å². The van der Waals surface area contributed by atoms with Crippen LogP contribution in [0.5, 0.6) is 0 Å². The van der Waals surface area contributed by atoms with E-state index in [1.54, 1.807) is 6.92 Å². The standard InChI is InChI=1S/C10H18O3Si/c1-6-13-10(11)9(12-2)7-8-14(3,4)5/h8H,6H2,1-5H3. The SMILES string of the molecule is CCOC(=O)C(=C=C[Si](C)(C)C)OC. The second-order valence-electron chi connectivity index (χ2n) is 3.91. The third-order valence-electron chi connectivity index (χ3n) is 1.30. The van der Waals surface area contributed by atoms with E-state index in [0.717, 1.165) is 0 Å². The van der Waals surface area contributed by atoms with Crippen LogP contribution in [-0.4, -0.2) is 27.8 Å². The zero-order valence-electron chi connectivity index (χ0n) is 9.51. The monoisotopic (exact) mass is 214 g/mol. The van der Waals surface area contributed by atoms with Gasteiger partial charge in [0.05, 0.1) is 21.8 Å². The summed E-state index contributed by atoms with van der Waals surface area (Å²) in [7, 11) is 0.0920. The van der Waals surface area contributed by atoms with E-state index in [4.69, 9.17) is 9.47 Å². The molecule has 14 heavy (non-hydrogen) atoms. The second-order valence-corrected chi connectivity index (χ2v) is 8.93. The van der Waals surface area contributed by atoms with Crippen molar-refractivity contribution in [3.63, 3.8) is 0 Å². The molecule has 0 saturated carbocycles. The van der Waals surface area contributed by atoms with Crippen molar-refractivity contribution >= 4 is 14.0 Å². The number of ether oxygens (including phenoxy) is 2. The first-order valence-corrected chi connectivity index (χ1v) is 8.17. The van der Waals surface area contributed by atoms with Gasteiger partial charge >= 0.3 is 5.97 Å². The molecule has 0 fully saturated rings. The summed E-state index contributed by atoms with van der Waals surface area (Å²) in [4.78, 5) is 11.2. The average Bonchev–Trinajstić information content (AvgIpc) is 2.03. The van der Waals surface area contributed by atoms with Crippen molar-refractivity contribution in [3.05, 3.63) is 17.2 Å². The minimum absolute atomic E-state index is 0.147. The van der Waals surface area contributed by atoms with Gasteiger partial charge in [-0.05, 0) is 6.92 Å². The predicted molar refractivity (Wildman–Crippen MR) is 58.6 cm³/mol. The summed E-state index contributed by atoms with van der Waals surface area (Å²) in [6.45, 7) is 8.56. The number of esters is 1. The largest absolute Gasteiger partial charge is 0.484 e. The van der Waals surface area contributed by atoms with Crippen LogP contribution in [0.25, 0.3) is 0 Å². The number of carbonyl (C=O) groups excluding carboxylic acids is 1. The molecule has 3 nitrogen and oxygen atoms in total. The molecule has 0 amide bonds. The van der Waals surface area contributed by atoms with Crippen molar-refractivity contribution < 1.29 is 14.3 Å². The van der Waals surface area contributed by atoms with Gasteiger partial charge in [-0.3, -0.25) is 0 Å². The molecule has 0 saturated heterocycles. The van der Waals surface area contributed by atoms with Gasteiger partial charge in [-0.15, -0.1) is 0 Å². The maximum Gasteiger partial charge on any atom is 0.382 e. The van der Waals surface area contributed by atoms with E-state index in [1.807, 2.05) is 5.70 Å². The molecule has 0 aromatic rings. The molecule has 0 N–H and O–H groups in total. The van der Waals surface area contributed by atoms with E-state index in [9.17, 15) is 4.79 Å². The Labute approximate surface area is 86.4 Å². The molecular weight excluding hydrogens is 196 g/mol. The van der Waals surface area contributed by atoms with E-state index < -0.39 is 14.0 Å². The van der Waals surface area contributed by atoms with Crippen molar-refractivity contribution in [2.24, 2.45) is 0 Å². The second kappa shape index (κ2) is 5.68. The Bertz CT molecular complexity index is 257. The Hall–Kier alpha value is -0.993. The summed E-state index contributed by atoms with van der Waals surface area (Å²) in [6, 6.07) is 0. The molecule has 80 valence electrons. The first kappa shape index (κ1) is 13.0. The summed E-state index contributed by atoms with van der Waals surface area (Å²) in [5.41, 5.74) is 4.77. The smallest absolute Gasteiger partial charge is 0.382 e. The van der Waals surface area contributed by atoms with Gasteiger partial charge in [-0.2, -0.15) is 0 Å². The molecular formula is C10H18O3Si. The van der Waals surface area contributed by atoms with Crippen LogP contribution in [0.15, 0.2) is 17.2 Å². The van der Waals surface area contributed by atoms with Gasteiger partial charge in [-0.1, -0.05) is 31.1 Å². The minimum Gasteiger partial charge on any atom is -0.484 e. The van der Waals surface area contributed by atoms with Crippen LogP contribution >= 0.6 is 0 Å². The summed E-state index contributed by atoms with van der Waals surface area (Å²) in [5.74, 6) is -0.307. The maximum atomic E-state index is 11.2.